The van der Waals surface area contributed by atoms with E-state index in [0.29, 0.717) is 69.8 Å². The Morgan fingerprint density at radius 3 is 1.80 bits per heavy atom. The van der Waals surface area contributed by atoms with Gasteiger partial charge in [0.2, 0.25) is 106 Å². The Morgan fingerprint density at radius 1 is 0.558 bits per heavy atom. The number of phenolic OH excluding ortho intramolecular Hbond substituents is 1. The van der Waals surface area contributed by atoms with Gasteiger partial charge < -0.3 is 125 Å². The average Bonchev–Trinajstić information content (AvgIpc) is 1.62. The highest BCUT2D eigenvalue weighted by Gasteiger charge is 2.47. The summed E-state index contributed by atoms with van der Waals surface area (Å²) in [6.45, 7) is 5.25. The van der Waals surface area contributed by atoms with Gasteiger partial charge in [-0.2, -0.15) is 0 Å². The van der Waals surface area contributed by atoms with E-state index >= 15 is 33.6 Å². The van der Waals surface area contributed by atoms with Crippen LogP contribution < -0.4 is 75.7 Å². The molecule has 5 aromatic rings. The maximum absolute atomic E-state index is 15.8. The van der Waals surface area contributed by atoms with E-state index in [-0.39, 0.29) is 102 Å². The number of nitrogens with zero attached hydrogens (tertiary/aromatic N) is 7. The molecule has 2 aromatic heterocycles. The Balaban J connectivity index is 1.08. The van der Waals surface area contributed by atoms with E-state index in [1.165, 1.54) is 80.4 Å². The maximum Gasteiger partial charge on any atom is 0.323 e. The Labute approximate surface area is 797 Å². The van der Waals surface area contributed by atoms with E-state index in [2.05, 4.69) is 68.5 Å². The molecule has 44 heteroatoms. The molecule has 3 fully saturated rings. The number of unbranched alkanes of at least 4 members (excludes halogenated alkanes) is 2. The summed E-state index contributed by atoms with van der Waals surface area (Å²) in [7, 11) is 3.94. The normalized spacial score (nSPS) is 24.5. The van der Waals surface area contributed by atoms with Crippen LogP contribution in [0.2, 0.25) is 0 Å². The van der Waals surface area contributed by atoms with Crippen molar-refractivity contribution in [2.24, 2.45) is 28.1 Å². The molecule has 0 spiro atoms. The molecule has 0 radical (unpaired) electrons. The van der Waals surface area contributed by atoms with Crippen LogP contribution in [0.25, 0.3) is 21.8 Å². The SMILES string of the molecule is CCCC[C@H]1C(=O)N(C)[C@@H](CCCC)C(=O)N[C@@H](CC(C)C)C(=O)N[C@H](C(=O)NCC(N)=O)CCCNCC(=O)N[C@@H](Cc2ccc(O)cc2)C(=O)N(C)[C@@H](C)C(=O)N[C@@H](CC(N)=O)C(=O)N2CCC[C@H]2C(=O)N[C@@H](CC2=CN=CC2)C(=O)N[C@@H](CCC(N)=O)C(=O)N2C[C@H](O)C[C@H]2C(=O)N[C@@H](Cc2c[nH]c3ccccc23)C(=O)NCC(=O)N[C@@H](Cc2cn(CC(=O)O)c3ccccc23)C(=O)N1C. The number of aromatic amines is 1. The summed E-state index contributed by atoms with van der Waals surface area (Å²) in [5, 5.41) is 62.2. The number of aliphatic hydroxyl groups is 1. The minimum atomic E-state index is -1.78. The number of phenols is 1. The number of primary amides is 3. The number of hydrogen-bond donors (Lipinski definition) is 18. The van der Waals surface area contributed by atoms with Gasteiger partial charge in [-0.05, 0) is 124 Å². The molecule has 44 nitrogen and oxygen atoms in total. The molecule has 0 bridgehead atoms. The molecule has 6 heterocycles. The lowest BCUT2D eigenvalue weighted by molar-refractivity contribution is -0.149. The van der Waals surface area contributed by atoms with Crippen LogP contribution in [0.4, 0.5) is 0 Å². The standard InChI is InChI=1S/C94H130N22O22/c1-9-11-23-72-87(131)107-65(37-52(3)4)85(129)105-63(83(127)101-46-78(97)121)22-17-34-98-47-79(122)103-68(38-54-27-29-58(117)30-28-54)90(134)111(6)53(5)82(126)110-70(43-77(96)120)93(137)115-36-18-26-73(115)88(132)108-66(39-55-33-35-99-44-55)86(130)106-64(31-32-76(95)119)92(136)116-50-59(118)42-75(116)89(133)109-67(40-56-45-100-62-21-15-13-19-60(56)62)84(128)102-48-80(123)104-69(91(135)113(8)74(24-12-10-2)94(138)112(72)7)41-57-49-114(51-81(124)125)71-25-16-14-20-61(57)71/h13-16,19-21,25,27-30,35,44-45,49,52-53,59,63-70,72-75,98,100,117-118H,9-12,17-18,22-24,26,31-34,36-43,46-48,50-51H2,1-8H3,(H2,95,119)(H2,96,120)(H2,97,121)(H,101,127)(H,102,128)(H,103,122)(H,104,123)(H,105,129)(H,106,130)(H,107,131)(H,108,132)(H,109,133)(H,110,126)(H,124,125)/t53-,59+,63-,64-,65-,66-,67-,68-,69-,70-,72-,73-,74-,75-/m0/s1. The number of carboxylic acids is 1. The summed E-state index contributed by atoms with van der Waals surface area (Å²) in [4.78, 5) is 286. The van der Waals surface area contributed by atoms with Crippen LogP contribution >= 0.6 is 0 Å². The van der Waals surface area contributed by atoms with E-state index in [1.807, 2.05) is 13.8 Å². The quantitative estimate of drug-likeness (QED) is 0.0277. The minimum Gasteiger partial charge on any atom is -0.508 e. The number of aromatic nitrogens is 2. The third kappa shape index (κ3) is 30.1. The predicted molar refractivity (Wildman–Crippen MR) is 503 cm³/mol. The molecule has 14 atom stereocenters. The average molecular weight is 1920 g/mol. The molecule has 0 saturated carbocycles. The number of nitrogens with two attached hydrogens (primary N) is 3. The van der Waals surface area contributed by atoms with Crippen molar-refractivity contribution in [2.75, 3.05) is 60.4 Å². The molecule has 18 amide bonds. The topological polar surface area (TPSA) is 645 Å². The molecule has 3 aromatic carbocycles. The van der Waals surface area contributed by atoms with Gasteiger partial charge in [0, 0.05) is 119 Å². The molecular weight excluding hydrogens is 1790 g/mol. The molecule has 4 aliphatic heterocycles. The number of para-hydroxylation sites is 2. The largest absolute Gasteiger partial charge is 0.508 e. The number of carboxylic acid groups (broad SMARTS) is 1. The van der Waals surface area contributed by atoms with Gasteiger partial charge in [-0.1, -0.05) is 102 Å². The summed E-state index contributed by atoms with van der Waals surface area (Å²) < 4.78 is 1.44. The van der Waals surface area contributed by atoms with Crippen LogP contribution in [0.15, 0.2) is 102 Å². The van der Waals surface area contributed by atoms with Gasteiger partial charge in [-0.3, -0.25) is 96.1 Å². The number of aliphatic hydroxyl groups excluding tert-OH is 1. The van der Waals surface area contributed by atoms with Crippen molar-refractivity contribution in [2.45, 2.75) is 254 Å². The number of carbonyl (C=O) groups excluding carboxylic acids is 18. The number of fused-ring (bicyclic) bond motifs is 4. The first kappa shape index (κ1) is 107. The summed E-state index contributed by atoms with van der Waals surface area (Å²) >= 11 is 0. The van der Waals surface area contributed by atoms with Crippen LogP contribution in [-0.2, 0) is 117 Å². The van der Waals surface area contributed by atoms with Gasteiger partial charge >= 0.3 is 5.97 Å². The Bertz CT molecular complexity index is 5340. The maximum atomic E-state index is 15.8. The van der Waals surface area contributed by atoms with Crippen LogP contribution in [0.3, 0.4) is 0 Å². The van der Waals surface area contributed by atoms with Gasteiger partial charge in [0.15, 0.2) is 0 Å². The lowest BCUT2D eigenvalue weighted by atomic mass is 9.99. The van der Waals surface area contributed by atoms with E-state index in [1.54, 1.807) is 68.6 Å². The van der Waals surface area contributed by atoms with Crippen molar-refractivity contribution in [3.63, 3.8) is 0 Å². The molecule has 0 aliphatic carbocycles. The molecule has 21 N–H and O–H groups in total. The number of aromatic hydroxyl groups is 1. The van der Waals surface area contributed by atoms with Crippen LogP contribution in [0, 0.1) is 5.92 Å². The predicted octanol–water partition coefficient (Wildman–Crippen LogP) is -2.31. The number of aliphatic carboxylic acids is 1. The highest BCUT2D eigenvalue weighted by atomic mass is 16.4. The Morgan fingerprint density at radius 2 is 1.15 bits per heavy atom. The monoisotopic (exact) mass is 1920 g/mol. The molecule has 748 valence electrons. The highest BCUT2D eigenvalue weighted by molar-refractivity contribution is 6.02. The number of benzene rings is 3. The van der Waals surface area contributed by atoms with Crippen LogP contribution in [0.1, 0.15) is 160 Å². The number of likely N-dealkylation sites (N-methyl/N-ethyl adjacent to an activating group) is 3. The van der Waals surface area contributed by atoms with Crippen LogP contribution in [-0.4, -0.2) is 313 Å². The number of carbonyl (C=O) groups is 19. The van der Waals surface area contributed by atoms with Crippen molar-refractivity contribution < 1.29 is 106 Å². The van der Waals surface area contributed by atoms with E-state index in [0.717, 1.165) is 19.6 Å². The van der Waals surface area contributed by atoms with Gasteiger partial charge in [0.05, 0.1) is 32.2 Å². The fourth-order valence-electron chi connectivity index (χ4n) is 17.4. The summed E-state index contributed by atoms with van der Waals surface area (Å²) in [6, 6.07) is -0.529. The fourth-order valence-corrected chi connectivity index (χ4v) is 17.4. The van der Waals surface area contributed by atoms with Crippen molar-refractivity contribution in [1.82, 2.24) is 92.5 Å². The minimum absolute atomic E-state index is 0.00496. The summed E-state index contributed by atoms with van der Waals surface area (Å²) in [5.41, 5.74) is 19.7. The zero-order chi connectivity index (χ0) is 101. The van der Waals surface area contributed by atoms with Crippen molar-refractivity contribution in [3.8, 4) is 5.75 Å². The van der Waals surface area contributed by atoms with Crippen molar-refractivity contribution in [3.05, 3.63) is 114 Å². The third-order valence-electron chi connectivity index (χ3n) is 25.0. The van der Waals surface area contributed by atoms with E-state index in [9.17, 15) is 72.9 Å². The first-order valence-corrected chi connectivity index (χ1v) is 46.6. The highest BCUT2D eigenvalue weighted by Crippen LogP contribution is 2.29. The van der Waals surface area contributed by atoms with Crippen molar-refractivity contribution >= 4 is 140 Å². The van der Waals surface area contributed by atoms with Gasteiger partial charge in [0.1, 0.15) is 90.8 Å². The fraction of sp³-hybridized carbons (Fsp3) is 0.532. The Hall–Kier alpha value is -14.2. The second-order valence-electron chi connectivity index (χ2n) is 35.9. The number of H-pyrrole nitrogens is 1. The van der Waals surface area contributed by atoms with E-state index < -0.39 is 255 Å². The molecule has 0 unspecified atom stereocenters. The zero-order valence-electron chi connectivity index (χ0n) is 79.0. The number of aliphatic imine (C=N–C) groups is 1. The van der Waals surface area contributed by atoms with Crippen LogP contribution in [0.5, 0.6) is 5.75 Å². The second kappa shape index (κ2) is 51.1. The van der Waals surface area contributed by atoms with Crippen molar-refractivity contribution in [1.29, 1.82) is 0 Å². The third-order valence-corrected chi connectivity index (χ3v) is 25.0. The molecule has 9 rings (SSSR count). The molecular formula is C94H130N22O22. The molecule has 3 saturated heterocycles. The van der Waals surface area contributed by atoms with Gasteiger partial charge in [-0.15, -0.1) is 0 Å². The van der Waals surface area contributed by atoms with Gasteiger partial charge in [0.25, 0.3) is 0 Å². The smallest absolute Gasteiger partial charge is 0.323 e. The molecule has 138 heavy (non-hydrogen) atoms. The number of amides is 18. The lowest BCUT2D eigenvalue weighted by Crippen LogP contribution is -2.60. The lowest BCUT2D eigenvalue weighted by Gasteiger charge is -2.36. The number of rotatable bonds is 26. The first-order chi connectivity index (χ1) is 65.6. The first-order valence-electron chi connectivity index (χ1n) is 46.6. The number of hydrogen-bond acceptors (Lipinski definition) is 23. The molecule has 4 aliphatic rings. The zero-order valence-corrected chi connectivity index (χ0v) is 79.0. The Kier molecular flexibility index (Phi) is 39.8. The van der Waals surface area contributed by atoms with E-state index in [4.69, 9.17) is 17.2 Å². The number of nitrogens with one attached hydrogen (secondary N) is 12. The summed E-state index contributed by atoms with van der Waals surface area (Å²) in [6.07, 6.45) is 3.02. The second-order valence-corrected chi connectivity index (χ2v) is 35.9. The van der Waals surface area contributed by atoms with Gasteiger partial charge in [-0.25, -0.2) is 0 Å². The summed E-state index contributed by atoms with van der Waals surface area (Å²) in [5.74, 6) is -18.3.